The van der Waals surface area contributed by atoms with Crippen LogP contribution in [0, 0.1) is 0 Å². The molecule has 1 spiro atoms. The number of fused-ring (bicyclic) bond motifs is 7. The number of hydrogen-bond donors (Lipinski definition) is 2. The van der Waals surface area contributed by atoms with E-state index in [1.165, 1.54) is 24.0 Å². The number of pyridine rings is 1. The number of benzene rings is 1. The molecule has 11 heteroatoms. The Morgan fingerprint density at radius 3 is 2.90 bits per heavy atom. The Balaban J connectivity index is 1.24. The number of anilines is 3. The number of carbonyl (C=O) groups is 1. The van der Waals surface area contributed by atoms with E-state index in [-0.39, 0.29) is 18.1 Å². The molecule has 0 unspecified atom stereocenters. The third-order valence-corrected chi connectivity index (χ3v) is 8.39. The molecule has 1 aliphatic carbocycles. The van der Waals surface area contributed by atoms with Crippen LogP contribution in [0.5, 0.6) is 5.75 Å². The molecule has 11 nitrogen and oxygen atoms in total. The van der Waals surface area contributed by atoms with E-state index in [9.17, 15) is 9.59 Å². The zero-order valence-corrected chi connectivity index (χ0v) is 21.9. The highest BCUT2D eigenvalue weighted by atomic mass is 16.5. The third kappa shape index (κ3) is 3.64. The zero-order chi connectivity index (χ0) is 26.8. The monoisotopic (exact) mass is 536 g/mol. The van der Waals surface area contributed by atoms with Crippen LogP contribution in [0.15, 0.2) is 53.5 Å². The molecule has 1 saturated carbocycles. The minimum Gasteiger partial charge on any atom is -0.480 e. The first kappa shape index (κ1) is 23.4. The molecule has 0 saturated heterocycles. The smallest absolute Gasteiger partial charge is 0.278 e. The van der Waals surface area contributed by atoms with E-state index in [2.05, 4.69) is 33.8 Å². The lowest BCUT2D eigenvalue weighted by Gasteiger charge is -2.28. The normalized spacial score (nSPS) is 19.7. The standard InChI is InChI=1S/C29H28N8O3/c38-24-16-40-22-7-8-23-33-26(22)35(24)11-3-1-2-4-12-36-27(39)20-15-31-28(34-25(20)37(23)36)32-19-5-6-21-18(13-19)14-30-17-29(21)9-10-29/h2,4-8,13,15,30H,1,3,9-12,14,16-17H2,(H,31,32,34)/b4-2-. The number of amides is 1. The van der Waals surface area contributed by atoms with Crippen LogP contribution in [0.2, 0.25) is 0 Å². The van der Waals surface area contributed by atoms with E-state index >= 15 is 0 Å². The van der Waals surface area contributed by atoms with Crippen LogP contribution in [-0.2, 0) is 23.3 Å². The molecule has 4 aromatic rings. The van der Waals surface area contributed by atoms with Crippen molar-refractivity contribution in [1.82, 2.24) is 29.6 Å². The quantitative estimate of drug-likeness (QED) is 0.376. The molecule has 2 bridgehead atoms. The van der Waals surface area contributed by atoms with Gasteiger partial charge in [-0.15, -0.1) is 0 Å². The van der Waals surface area contributed by atoms with Gasteiger partial charge in [0, 0.05) is 36.9 Å². The Labute approximate surface area is 229 Å². The molecule has 4 aliphatic rings. The van der Waals surface area contributed by atoms with Gasteiger partial charge in [-0.3, -0.25) is 14.5 Å². The first-order valence-corrected chi connectivity index (χ1v) is 13.8. The maximum absolute atomic E-state index is 13.5. The molecule has 3 aromatic heterocycles. The van der Waals surface area contributed by atoms with Gasteiger partial charge < -0.3 is 15.4 Å². The van der Waals surface area contributed by atoms with Crippen molar-refractivity contribution in [3.05, 3.63) is 70.2 Å². The van der Waals surface area contributed by atoms with Crippen molar-refractivity contribution in [3.8, 4) is 11.6 Å². The van der Waals surface area contributed by atoms with Gasteiger partial charge in [0.2, 0.25) is 5.95 Å². The fourth-order valence-electron chi connectivity index (χ4n) is 6.15. The van der Waals surface area contributed by atoms with Gasteiger partial charge in [0.05, 0.1) is 6.54 Å². The van der Waals surface area contributed by atoms with Crippen molar-refractivity contribution < 1.29 is 9.53 Å². The van der Waals surface area contributed by atoms with Crippen LogP contribution in [0.25, 0.3) is 16.9 Å². The van der Waals surface area contributed by atoms with Gasteiger partial charge in [-0.2, -0.15) is 4.98 Å². The summed E-state index contributed by atoms with van der Waals surface area (Å²) in [4.78, 5) is 42.0. The van der Waals surface area contributed by atoms with E-state index in [1.807, 2.05) is 12.2 Å². The second-order valence-electron chi connectivity index (χ2n) is 10.9. The average molecular weight is 537 g/mol. The summed E-state index contributed by atoms with van der Waals surface area (Å²) >= 11 is 0. The molecule has 1 amide bonds. The summed E-state index contributed by atoms with van der Waals surface area (Å²) in [7, 11) is 0. The van der Waals surface area contributed by atoms with Crippen LogP contribution >= 0.6 is 0 Å². The number of aromatic nitrogens is 5. The summed E-state index contributed by atoms with van der Waals surface area (Å²) in [5, 5.41) is 7.29. The molecular formula is C29H28N8O3. The van der Waals surface area contributed by atoms with Crippen LogP contribution in [-0.4, -0.2) is 49.9 Å². The van der Waals surface area contributed by atoms with E-state index in [1.54, 1.807) is 32.6 Å². The van der Waals surface area contributed by atoms with Crippen molar-refractivity contribution in [2.75, 3.05) is 29.9 Å². The minimum absolute atomic E-state index is 0.0109. The fourth-order valence-corrected chi connectivity index (χ4v) is 6.15. The van der Waals surface area contributed by atoms with Crippen LogP contribution < -0.4 is 25.8 Å². The number of allylic oxidation sites excluding steroid dienone is 2. The van der Waals surface area contributed by atoms with Gasteiger partial charge in [-0.1, -0.05) is 18.2 Å². The maximum atomic E-state index is 13.5. The largest absolute Gasteiger partial charge is 0.480 e. The van der Waals surface area contributed by atoms with Crippen LogP contribution in [0.1, 0.15) is 36.8 Å². The Morgan fingerprint density at radius 2 is 2.00 bits per heavy atom. The van der Waals surface area contributed by atoms with Crippen molar-refractivity contribution in [2.45, 2.75) is 44.2 Å². The second kappa shape index (κ2) is 8.75. The summed E-state index contributed by atoms with van der Waals surface area (Å²) < 4.78 is 8.97. The molecule has 1 aromatic carbocycles. The number of hydrogen-bond acceptors (Lipinski definition) is 8. The SMILES string of the molecule is O=C1COc2ccc3nc2N1CCC/C=C\Cn1c(=O)c2cnc(Nc4ccc5c(c4)CNCC54CC4)nc2n1-3. The molecular weight excluding hydrogens is 508 g/mol. The molecule has 40 heavy (non-hydrogen) atoms. The lowest BCUT2D eigenvalue weighted by atomic mass is 9.88. The van der Waals surface area contributed by atoms with Crippen molar-refractivity contribution >= 4 is 34.4 Å². The first-order chi connectivity index (χ1) is 19.6. The molecule has 3 aliphatic heterocycles. The highest BCUT2D eigenvalue weighted by molar-refractivity contribution is 5.96. The first-order valence-electron chi connectivity index (χ1n) is 13.8. The number of ether oxygens (including phenoxy) is 1. The predicted molar refractivity (Wildman–Crippen MR) is 149 cm³/mol. The minimum atomic E-state index is -0.207. The second-order valence-corrected chi connectivity index (χ2v) is 10.9. The average Bonchev–Trinajstić information content (AvgIpc) is 3.67. The summed E-state index contributed by atoms with van der Waals surface area (Å²) in [6.07, 6.45) is 9.61. The van der Waals surface area contributed by atoms with E-state index < -0.39 is 0 Å². The van der Waals surface area contributed by atoms with Gasteiger partial charge in [-0.25, -0.2) is 19.3 Å². The predicted octanol–water partition coefficient (Wildman–Crippen LogP) is 2.93. The van der Waals surface area contributed by atoms with Gasteiger partial charge in [0.25, 0.3) is 11.5 Å². The molecule has 8 rings (SSSR count). The Bertz CT molecular complexity index is 1780. The van der Waals surface area contributed by atoms with E-state index in [4.69, 9.17) is 14.7 Å². The highest BCUT2D eigenvalue weighted by Crippen LogP contribution is 2.50. The summed E-state index contributed by atoms with van der Waals surface area (Å²) in [6.45, 7) is 2.78. The topological polar surface area (TPSA) is 119 Å². The Morgan fingerprint density at radius 1 is 1.07 bits per heavy atom. The van der Waals surface area contributed by atoms with Gasteiger partial charge in [0.1, 0.15) is 5.39 Å². The lowest BCUT2D eigenvalue weighted by molar-refractivity contribution is -0.121. The Hall–Kier alpha value is -4.51. The number of nitrogens with one attached hydrogen (secondary N) is 2. The van der Waals surface area contributed by atoms with Crippen molar-refractivity contribution in [3.63, 3.8) is 0 Å². The molecule has 1 fully saturated rings. The molecule has 0 atom stereocenters. The lowest BCUT2D eigenvalue weighted by Crippen LogP contribution is -2.40. The van der Waals surface area contributed by atoms with Crippen LogP contribution in [0.3, 0.4) is 0 Å². The van der Waals surface area contributed by atoms with Gasteiger partial charge in [-0.05, 0) is 61.1 Å². The van der Waals surface area contributed by atoms with Gasteiger partial charge in [0.15, 0.2) is 29.6 Å². The summed E-state index contributed by atoms with van der Waals surface area (Å²) in [5.41, 5.74) is 4.17. The van der Waals surface area contributed by atoms with Crippen molar-refractivity contribution in [2.24, 2.45) is 0 Å². The van der Waals surface area contributed by atoms with Crippen molar-refractivity contribution in [1.29, 1.82) is 0 Å². The summed E-state index contributed by atoms with van der Waals surface area (Å²) in [5.74, 6) is 1.74. The molecule has 2 N–H and O–H groups in total. The number of carbonyl (C=O) groups excluding carboxylic acids is 1. The number of nitrogens with zero attached hydrogens (tertiary/aromatic N) is 6. The maximum Gasteiger partial charge on any atom is 0.278 e. The molecule has 0 radical (unpaired) electrons. The number of rotatable bonds is 2. The fraction of sp³-hybridized carbons (Fsp3) is 0.345. The van der Waals surface area contributed by atoms with Crippen LogP contribution in [0.4, 0.5) is 17.5 Å². The Kier molecular flexibility index (Phi) is 5.12. The van der Waals surface area contributed by atoms with E-state index in [0.29, 0.717) is 52.9 Å². The summed E-state index contributed by atoms with van der Waals surface area (Å²) in [6, 6.07) is 10.0. The van der Waals surface area contributed by atoms with Gasteiger partial charge >= 0.3 is 0 Å². The molecule has 6 heterocycles. The highest BCUT2D eigenvalue weighted by Gasteiger charge is 2.46. The third-order valence-electron chi connectivity index (χ3n) is 8.39. The zero-order valence-electron chi connectivity index (χ0n) is 21.9. The molecule has 202 valence electrons. The van der Waals surface area contributed by atoms with E-state index in [0.717, 1.165) is 31.6 Å².